The number of nitrogens with zero attached hydrogens (tertiary/aromatic N) is 1. The van der Waals surface area contributed by atoms with Gasteiger partial charge in [0.15, 0.2) is 0 Å². The van der Waals surface area contributed by atoms with Gasteiger partial charge in [-0.2, -0.15) is 0 Å². The van der Waals surface area contributed by atoms with Crippen LogP contribution in [0.4, 0.5) is 0 Å². The lowest BCUT2D eigenvalue weighted by Gasteiger charge is -2.41. The van der Waals surface area contributed by atoms with Crippen molar-refractivity contribution >= 4 is 0 Å². The van der Waals surface area contributed by atoms with Crippen LogP contribution in [0.5, 0.6) is 0 Å². The van der Waals surface area contributed by atoms with E-state index in [0.717, 1.165) is 32.1 Å². The molecule has 1 heterocycles. The van der Waals surface area contributed by atoms with Gasteiger partial charge in [0, 0.05) is 31.7 Å². The lowest BCUT2D eigenvalue weighted by Crippen LogP contribution is -2.51. The van der Waals surface area contributed by atoms with Gasteiger partial charge < -0.3 is 5.32 Å². The smallest absolute Gasteiger partial charge is 0.0405 e. The van der Waals surface area contributed by atoms with Crippen LogP contribution in [0, 0.1) is 5.92 Å². The molecule has 106 valence electrons. The van der Waals surface area contributed by atoms with Crippen LogP contribution in [-0.4, -0.2) is 31.1 Å². The molecule has 1 aromatic carbocycles. The molecule has 0 unspecified atom stereocenters. The average molecular weight is 260 g/mol. The Hall–Kier alpha value is -0.860. The zero-order valence-corrected chi connectivity index (χ0v) is 12.9. The molecule has 19 heavy (non-hydrogen) atoms. The van der Waals surface area contributed by atoms with Crippen molar-refractivity contribution in [1.29, 1.82) is 0 Å². The maximum Gasteiger partial charge on any atom is 0.0405 e. The van der Waals surface area contributed by atoms with E-state index in [9.17, 15) is 0 Å². The highest BCUT2D eigenvalue weighted by atomic mass is 15.2. The Kier molecular flexibility index (Phi) is 4.64. The predicted molar refractivity (Wildman–Crippen MR) is 82.5 cm³/mol. The molecule has 0 radical (unpaired) electrons. The molecule has 0 amide bonds. The van der Waals surface area contributed by atoms with E-state index in [1.54, 1.807) is 0 Å². The summed E-state index contributed by atoms with van der Waals surface area (Å²) in [7, 11) is 0. The van der Waals surface area contributed by atoms with E-state index in [1.165, 1.54) is 17.5 Å². The van der Waals surface area contributed by atoms with Crippen molar-refractivity contribution in [2.24, 2.45) is 5.92 Å². The molecule has 2 nitrogen and oxygen atoms in total. The standard InChI is InChI=1S/C17H28N2/c1-14(2)13-15-5-7-16(8-6-15)17(3,4)19-11-9-18-10-12-19/h5-8,14,18H,9-13H2,1-4H3. The quantitative estimate of drug-likeness (QED) is 0.895. The summed E-state index contributed by atoms with van der Waals surface area (Å²) >= 11 is 0. The first-order valence-corrected chi connectivity index (χ1v) is 7.55. The summed E-state index contributed by atoms with van der Waals surface area (Å²) in [6.07, 6.45) is 1.17. The van der Waals surface area contributed by atoms with Gasteiger partial charge in [-0.25, -0.2) is 0 Å². The average Bonchev–Trinajstić information content (AvgIpc) is 2.40. The number of hydrogen-bond acceptors (Lipinski definition) is 2. The Morgan fingerprint density at radius 1 is 1.11 bits per heavy atom. The fraction of sp³-hybridized carbons (Fsp3) is 0.647. The molecule has 1 saturated heterocycles. The Labute approximate surface area is 118 Å². The number of hydrogen-bond donors (Lipinski definition) is 1. The minimum atomic E-state index is 0.137. The maximum absolute atomic E-state index is 3.43. The van der Waals surface area contributed by atoms with Gasteiger partial charge in [-0.3, -0.25) is 4.90 Å². The van der Waals surface area contributed by atoms with Gasteiger partial charge in [0.25, 0.3) is 0 Å². The highest BCUT2D eigenvalue weighted by Crippen LogP contribution is 2.28. The topological polar surface area (TPSA) is 15.3 Å². The molecule has 0 saturated carbocycles. The van der Waals surface area contributed by atoms with Crippen molar-refractivity contribution in [3.8, 4) is 0 Å². The van der Waals surface area contributed by atoms with Crippen LogP contribution in [0.3, 0.4) is 0 Å². The zero-order valence-electron chi connectivity index (χ0n) is 12.9. The van der Waals surface area contributed by atoms with Gasteiger partial charge in [0.2, 0.25) is 0 Å². The normalized spacial score (nSPS) is 17.9. The first kappa shape index (κ1) is 14.5. The monoisotopic (exact) mass is 260 g/mol. The molecule has 2 heteroatoms. The van der Waals surface area contributed by atoms with Crippen molar-refractivity contribution in [2.75, 3.05) is 26.2 Å². The molecule has 1 N–H and O–H groups in total. The molecule has 1 aliphatic rings. The Morgan fingerprint density at radius 3 is 2.21 bits per heavy atom. The van der Waals surface area contributed by atoms with Crippen LogP contribution in [-0.2, 0) is 12.0 Å². The highest BCUT2D eigenvalue weighted by Gasteiger charge is 2.29. The van der Waals surface area contributed by atoms with Crippen LogP contribution in [0.25, 0.3) is 0 Å². The van der Waals surface area contributed by atoms with Gasteiger partial charge in [0.1, 0.15) is 0 Å². The third-order valence-corrected chi connectivity index (χ3v) is 4.21. The van der Waals surface area contributed by atoms with Gasteiger partial charge in [0.05, 0.1) is 0 Å². The Morgan fingerprint density at radius 2 is 1.68 bits per heavy atom. The fourth-order valence-electron chi connectivity index (χ4n) is 2.93. The second-order valence-corrected chi connectivity index (χ2v) is 6.59. The van der Waals surface area contributed by atoms with Crippen molar-refractivity contribution in [3.05, 3.63) is 35.4 Å². The molecular formula is C17H28N2. The molecule has 0 spiro atoms. The van der Waals surface area contributed by atoms with Crippen molar-refractivity contribution in [1.82, 2.24) is 10.2 Å². The number of nitrogens with one attached hydrogen (secondary N) is 1. The second kappa shape index (κ2) is 6.06. The number of benzene rings is 1. The number of rotatable bonds is 4. The lowest BCUT2D eigenvalue weighted by atomic mass is 9.90. The highest BCUT2D eigenvalue weighted by molar-refractivity contribution is 5.28. The van der Waals surface area contributed by atoms with E-state index >= 15 is 0 Å². The van der Waals surface area contributed by atoms with Gasteiger partial charge in [-0.1, -0.05) is 38.1 Å². The summed E-state index contributed by atoms with van der Waals surface area (Å²) in [5.74, 6) is 0.729. The summed E-state index contributed by atoms with van der Waals surface area (Å²) in [6, 6.07) is 9.25. The molecular weight excluding hydrogens is 232 g/mol. The summed E-state index contributed by atoms with van der Waals surface area (Å²) in [4.78, 5) is 2.58. The molecule has 1 fully saturated rings. The van der Waals surface area contributed by atoms with Crippen molar-refractivity contribution < 1.29 is 0 Å². The summed E-state index contributed by atoms with van der Waals surface area (Å²) in [6.45, 7) is 13.7. The molecule has 1 aliphatic heterocycles. The summed E-state index contributed by atoms with van der Waals surface area (Å²) in [5, 5.41) is 3.43. The van der Waals surface area contributed by atoms with Gasteiger partial charge in [-0.05, 0) is 37.3 Å². The molecule has 0 aliphatic carbocycles. The predicted octanol–water partition coefficient (Wildman–Crippen LogP) is 3.03. The Bertz CT molecular complexity index is 386. The van der Waals surface area contributed by atoms with Crippen molar-refractivity contribution in [3.63, 3.8) is 0 Å². The largest absolute Gasteiger partial charge is 0.314 e. The molecule has 0 bridgehead atoms. The van der Waals surface area contributed by atoms with Crippen LogP contribution in [0.1, 0.15) is 38.8 Å². The van der Waals surface area contributed by atoms with E-state index in [0.29, 0.717) is 0 Å². The van der Waals surface area contributed by atoms with Gasteiger partial charge in [-0.15, -0.1) is 0 Å². The molecule has 1 aromatic rings. The molecule has 0 atom stereocenters. The third-order valence-electron chi connectivity index (χ3n) is 4.21. The van der Waals surface area contributed by atoms with Crippen LogP contribution < -0.4 is 5.32 Å². The van der Waals surface area contributed by atoms with E-state index in [-0.39, 0.29) is 5.54 Å². The van der Waals surface area contributed by atoms with Crippen LogP contribution >= 0.6 is 0 Å². The Balaban J connectivity index is 2.11. The minimum Gasteiger partial charge on any atom is -0.314 e. The summed E-state index contributed by atoms with van der Waals surface area (Å²) in [5.41, 5.74) is 3.02. The minimum absolute atomic E-state index is 0.137. The van der Waals surface area contributed by atoms with Crippen LogP contribution in [0.2, 0.25) is 0 Å². The molecule has 0 aromatic heterocycles. The van der Waals surface area contributed by atoms with Gasteiger partial charge >= 0.3 is 0 Å². The summed E-state index contributed by atoms with van der Waals surface area (Å²) < 4.78 is 0. The maximum atomic E-state index is 3.43. The van der Waals surface area contributed by atoms with E-state index in [4.69, 9.17) is 0 Å². The third kappa shape index (κ3) is 3.58. The van der Waals surface area contributed by atoms with E-state index in [1.807, 2.05) is 0 Å². The van der Waals surface area contributed by atoms with Crippen molar-refractivity contribution in [2.45, 2.75) is 39.7 Å². The van der Waals surface area contributed by atoms with E-state index in [2.05, 4.69) is 62.2 Å². The number of piperazine rings is 1. The molecule has 2 rings (SSSR count). The lowest BCUT2D eigenvalue weighted by molar-refractivity contribution is 0.102. The first-order valence-electron chi connectivity index (χ1n) is 7.55. The fourth-order valence-corrected chi connectivity index (χ4v) is 2.93. The van der Waals surface area contributed by atoms with E-state index < -0.39 is 0 Å². The zero-order chi connectivity index (χ0) is 13.9. The SMILES string of the molecule is CC(C)Cc1ccc(C(C)(C)N2CCNCC2)cc1. The first-order chi connectivity index (χ1) is 9.00. The van der Waals surface area contributed by atoms with Crippen LogP contribution in [0.15, 0.2) is 24.3 Å². The second-order valence-electron chi connectivity index (χ2n) is 6.59.